The van der Waals surface area contributed by atoms with Crippen molar-refractivity contribution in [3.63, 3.8) is 0 Å². The standard InChI is InChI=1S/C19H10F6N4.H3O4P/c20-18(21,22)11-4-6-13-15(8-11)29-17(28-13)14-5-3-10(9-27-14)16-12(19(23,24)25)2-1-7-26-16;1-5(2,3)4/h1-9H,(H,28,29);(H3,1,2,3,4). The minimum atomic E-state index is -4.64. The lowest BCUT2D eigenvalue weighted by Crippen LogP contribution is -2.08. The van der Waals surface area contributed by atoms with Gasteiger partial charge in [-0.05, 0) is 42.5 Å². The summed E-state index contributed by atoms with van der Waals surface area (Å²) >= 11 is 0. The van der Waals surface area contributed by atoms with Crippen molar-refractivity contribution in [1.29, 1.82) is 0 Å². The van der Waals surface area contributed by atoms with Gasteiger partial charge in [-0.15, -0.1) is 0 Å². The summed E-state index contributed by atoms with van der Waals surface area (Å²) in [6, 6.07) is 8.02. The van der Waals surface area contributed by atoms with Gasteiger partial charge in [-0.2, -0.15) is 26.3 Å². The fourth-order valence-electron chi connectivity index (χ4n) is 2.85. The summed E-state index contributed by atoms with van der Waals surface area (Å²) in [6.07, 6.45) is -6.60. The molecule has 15 heteroatoms. The number of alkyl halides is 6. The third kappa shape index (κ3) is 6.38. The minimum absolute atomic E-state index is 0.150. The van der Waals surface area contributed by atoms with Crippen LogP contribution >= 0.6 is 7.82 Å². The van der Waals surface area contributed by atoms with Crippen LogP contribution in [0.15, 0.2) is 54.9 Å². The Labute approximate surface area is 186 Å². The molecule has 0 aliphatic heterocycles. The average Bonchev–Trinajstić information content (AvgIpc) is 3.15. The van der Waals surface area contributed by atoms with Crippen LogP contribution in [0.5, 0.6) is 0 Å². The quantitative estimate of drug-likeness (QED) is 0.227. The first-order valence-corrected chi connectivity index (χ1v) is 10.5. The van der Waals surface area contributed by atoms with Crippen molar-refractivity contribution in [3.8, 4) is 22.8 Å². The zero-order valence-electron chi connectivity index (χ0n) is 16.5. The van der Waals surface area contributed by atoms with Gasteiger partial charge in [0.25, 0.3) is 0 Å². The lowest BCUT2D eigenvalue weighted by atomic mass is 10.1. The molecular weight excluding hydrogens is 493 g/mol. The summed E-state index contributed by atoms with van der Waals surface area (Å²) in [6.45, 7) is 0. The normalized spacial score (nSPS) is 12.4. The highest BCUT2D eigenvalue weighted by atomic mass is 31.2. The van der Waals surface area contributed by atoms with Crippen LogP contribution in [0, 0.1) is 0 Å². The number of benzene rings is 1. The van der Waals surface area contributed by atoms with Gasteiger partial charge in [0, 0.05) is 18.0 Å². The second kappa shape index (κ2) is 9.14. The number of rotatable bonds is 2. The first-order valence-electron chi connectivity index (χ1n) is 8.97. The molecule has 8 nitrogen and oxygen atoms in total. The molecule has 0 fully saturated rings. The summed E-state index contributed by atoms with van der Waals surface area (Å²) in [5.74, 6) is 0.197. The second-order valence-corrected chi connectivity index (χ2v) is 7.68. The molecule has 180 valence electrons. The summed E-state index contributed by atoms with van der Waals surface area (Å²) in [5, 5.41) is 0. The van der Waals surface area contributed by atoms with Crippen molar-refractivity contribution >= 4 is 18.9 Å². The maximum absolute atomic E-state index is 13.2. The minimum Gasteiger partial charge on any atom is -0.337 e. The van der Waals surface area contributed by atoms with E-state index in [4.69, 9.17) is 19.2 Å². The molecule has 3 heterocycles. The lowest BCUT2D eigenvalue weighted by Gasteiger charge is -2.11. The molecule has 1 aromatic carbocycles. The molecule has 34 heavy (non-hydrogen) atoms. The SMILES string of the molecule is FC(F)(F)c1ccc2nc(-c3ccc(-c4ncccc4C(F)(F)F)cn3)[nH]c2c1.O=P(O)(O)O. The van der Waals surface area contributed by atoms with Crippen LogP contribution in [0.3, 0.4) is 0 Å². The van der Waals surface area contributed by atoms with Crippen LogP contribution in [0.2, 0.25) is 0 Å². The average molecular weight is 506 g/mol. The Morgan fingerprint density at radius 2 is 1.56 bits per heavy atom. The molecule has 0 bridgehead atoms. The van der Waals surface area contributed by atoms with Crippen molar-refractivity contribution in [3.05, 3.63) is 66.0 Å². The Kier molecular flexibility index (Phi) is 6.80. The van der Waals surface area contributed by atoms with Crippen molar-refractivity contribution in [2.24, 2.45) is 0 Å². The van der Waals surface area contributed by atoms with Gasteiger partial charge < -0.3 is 19.7 Å². The van der Waals surface area contributed by atoms with E-state index in [-0.39, 0.29) is 28.3 Å². The second-order valence-electron chi connectivity index (χ2n) is 6.66. The molecule has 0 radical (unpaired) electrons. The van der Waals surface area contributed by atoms with E-state index in [1.54, 1.807) is 0 Å². The largest absolute Gasteiger partial charge is 0.466 e. The highest BCUT2D eigenvalue weighted by molar-refractivity contribution is 7.45. The molecule has 0 aliphatic rings. The van der Waals surface area contributed by atoms with Crippen LogP contribution in [-0.2, 0) is 16.9 Å². The van der Waals surface area contributed by atoms with Crippen LogP contribution in [0.25, 0.3) is 33.8 Å². The summed E-state index contributed by atoms with van der Waals surface area (Å²) in [7, 11) is -4.64. The van der Waals surface area contributed by atoms with E-state index in [0.717, 1.165) is 18.2 Å². The molecule has 0 aliphatic carbocycles. The number of nitrogens with zero attached hydrogens (tertiary/aromatic N) is 3. The maximum Gasteiger partial charge on any atom is 0.466 e. The molecule has 0 atom stereocenters. The molecule has 4 N–H and O–H groups in total. The van der Waals surface area contributed by atoms with E-state index in [2.05, 4.69) is 19.9 Å². The third-order valence-corrected chi connectivity index (χ3v) is 4.20. The number of hydrogen-bond donors (Lipinski definition) is 4. The van der Waals surface area contributed by atoms with Gasteiger partial charge in [0.2, 0.25) is 0 Å². The predicted octanol–water partition coefficient (Wildman–Crippen LogP) is 4.80. The zero-order valence-corrected chi connectivity index (χ0v) is 17.4. The zero-order chi connectivity index (χ0) is 25.3. The highest BCUT2D eigenvalue weighted by Gasteiger charge is 2.34. The molecule has 4 aromatic rings. The van der Waals surface area contributed by atoms with Gasteiger partial charge in [-0.25, -0.2) is 9.55 Å². The number of phosphoric acid groups is 1. The summed E-state index contributed by atoms with van der Waals surface area (Å²) in [4.78, 5) is 36.4. The fraction of sp³-hybridized carbons (Fsp3) is 0.105. The number of fused-ring (bicyclic) bond motifs is 1. The van der Waals surface area contributed by atoms with Gasteiger partial charge in [-0.1, -0.05) is 0 Å². The Bertz CT molecular complexity index is 1340. The number of imidazole rings is 1. The number of aromatic amines is 1. The Morgan fingerprint density at radius 3 is 2.12 bits per heavy atom. The summed E-state index contributed by atoms with van der Waals surface area (Å²) < 4.78 is 86.9. The van der Waals surface area contributed by atoms with Gasteiger partial charge in [0.05, 0.1) is 27.9 Å². The Morgan fingerprint density at radius 1 is 0.882 bits per heavy atom. The monoisotopic (exact) mass is 506 g/mol. The number of H-pyrrole nitrogens is 1. The smallest absolute Gasteiger partial charge is 0.337 e. The Balaban J connectivity index is 0.000000588. The molecule has 0 amide bonds. The van der Waals surface area contributed by atoms with Crippen molar-refractivity contribution in [2.75, 3.05) is 0 Å². The first kappa shape index (κ1) is 25.3. The molecule has 0 spiro atoms. The number of nitrogens with one attached hydrogen (secondary N) is 1. The lowest BCUT2D eigenvalue weighted by molar-refractivity contribution is -0.138. The van der Waals surface area contributed by atoms with Crippen LogP contribution in [0.4, 0.5) is 26.3 Å². The van der Waals surface area contributed by atoms with E-state index in [1.807, 2.05) is 0 Å². The number of aromatic nitrogens is 4. The molecule has 3 aromatic heterocycles. The van der Waals surface area contributed by atoms with Gasteiger partial charge >= 0.3 is 20.2 Å². The van der Waals surface area contributed by atoms with Crippen LogP contribution < -0.4 is 0 Å². The summed E-state index contributed by atoms with van der Waals surface area (Å²) in [5.41, 5.74) is -1.08. The van der Waals surface area contributed by atoms with Crippen LogP contribution in [-0.4, -0.2) is 34.6 Å². The highest BCUT2D eigenvalue weighted by Crippen LogP contribution is 2.36. The van der Waals surface area contributed by atoms with Crippen molar-refractivity contribution in [2.45, 2.75) is 12.4 Å². The molecule has 0 unspecified atom stereocenters. The van der Waals surface area contributed by atoms with E-state index < -0.39 is 31.3 Å². The van der Waals surface area contributed by atoms with E-state index in [0.29, 0.717) is 5.52 Å². The molecular formula is C19H13F6N4O4P. The predicted molar refractivity (Wildman–Crippen MR) is 107 cm³/mol. The van der Waals surface area contributed by atoms with Crippen molar-refractivity contribution < 1.29 is 45.6 Å². The Hall–Kier alpha value is -3.32. The fourth-order valence-corrected chi connectivity index (χ4v) is 2.85. The number of halogens is 6. The van der Waals surface area contributed by atoms with E-state index in [1.165, 1.54) is 36.7 Å². The van der Waals surface area contributed by atoms with Crippen LogP contribution in [0.1, 0.15) is 11.1 Å². The molecule has 4 rings (SSSR count). The van der Waals surface area contributed by atoms with Crippen molar-refractivity contribution in [1.82, 2.24) is 19.9 Å². The molecule has 0 saturated carbocycles. The topological polar surface area (TPSA) is 132 Å². The van der Waals surface area contributed by atoms with E-state index >= 15 is 0 Å². The first-order chi connectivity index (χ1) is 15.6. The van der Waals surface area contributed by atoms with Gasteiger partial charge in [0.15, 0.2) is 5.82 Å². The van der Waals surface area contributed by atoms with Gasteiger partial charge in [-0.3, -0.25) is 9.97 Å². The van der Waals surface area contributed by atoms with E-state index in [9.17, 15) is 26.3 Å². The number of pyridine rings is 2. The van der Waals surface area contributed by atoms with Gasteiger partial charge in [0.1, 0.15) is 5.69 Å². The third-order valence-electron chi connectivity index (χ3n) is 4.20. The molecule has 0 saturated heterocycles. The number of hydrogen-bond acceptors (Lipinski definition) is 4. The maximum atomic E-state index is 13.2.